The number of anilines is 2. The van der Waals surface area contributed by atoms with E-state index < -0.39 is 28.6 Å². The molecule has 14 nitrogen and oxygen atoms in total. The van der Waals surface area contributed by atoms with Gasteiger partial charge >= 0.3 is 0 Å². The van der Waals surface area contributed by atoms with Gasteiger partial charge in [0.2, 0.25) is 0 Å². The summed E-state index contributed by atoms with van der Waals surface area (Å²) in [5.74, 6) is 1.16. The maximum atomic E-state index is 14.4. The number of rotatable bonds is 18. The molecule has 87 heavy (non-hydrogen) atoms. The Morgan fingerprint density at radius 2 is 1.08 bits per heavy atom. The van der Waals surface area contributed by atoms with Crippen molar-refractivity contribution in [3.8, 4) is 63.3 Å². The number of piperidine rings is 1. The van der Waals surface area contributed by atoms with Crippen LogP contribution in [0.4, 0.5) is 20.2 Å². The van der Waals surface area contributed by atoms with Crippen molar-refractivity contribution in [3.05, 3.63) is 191 Å². The van der Waals surface area contributed by atoms with Crippen LogP contribution in [0.5, 0.6) is 0 Å². The topological polar surface area (TPSA) is 194 Å². The van der Waals surface area contributed by atoms with Gasteiger partial charge in [-0.05, 0) is 141 Å². The highest BCUT2D eigenvalue weighted by molar-refractivity contribution is 6.14. The normalized spacial score (nSPS) is 14.9. The minimum absolute atomic E-state index is 0.118. The number of nitrogens with zero attached hydrogens (tertiary/aromatic N) is 2. The van der Waals surface area contributed by atoms with Gasteiger partial charge in [-0.1, -0.05) is 79.8 Å². The maximum Gasteiger partial charge on any atom is 0.255 e. The Morgan fingerprint density at radius 1 is 0.586 bits per heavy atom. The molecule has 2 fully saturated rings. The molecule has 0 spiro atoms. The lowest BCUT2D eigenvalue weighted by molar-refractivity contribution is 0.0820. The Labute approximate surface area is 503 Å². The van der Waals surface area contributed by atoms with Crippen molar-refractivity contribution in [1.29, 1.82) is 5.26 Å². The second-order valence-corrected chi connectivity index (χ2v) is 22.3. The number of hydrogen-bond donors (Lipinski definition) is 6. The number of likely N-dealkylation sites (tertiary alicyclic amines) is 1. The van der Waals surface area contributed by atoms with Crippen molar-refractivity contribution >= 4 is 56.9 Å². The standard InChI is InChI=1S/C71H66F2N8O6/c1-5-70(30-11-8-12-31-70)79-66(82)49-19-14-18-48(38-49)54-40-56-61(87-65(63(56)69(85)76-4)46-23-27-52(73)28-24-46)42-58(54)78-34-29-59(44-15-9-7-10-16-44)81-35-32-71(43-74,33-36-81)80-67(83)50-20-13-17-47(37-50)53-39-55-60(41-57(53)77-6-2)86-64(62(55)68(84)75-3)45-21-25-51(72)26-22-45/h1,7,9-10,13-28,37-42,59,77-78H,6,8,11-12,29-36H2,2-4H3,(H,75,84)(H,76,85)(H,79,82)(H,80,83). The first-order chi connectivity index (χ1) is 42.2. The third-order valence-electron chi connectivity index (χ3n) is 16.9. The molecule has 4 amide bonds. The average Bonchev–Trinajstić information content (AvgIpc) is 1.81. The Morgan fingerprint density at radius 3 is 1.55 bits per heavy atom. The summed E-state index contributed by atoms with van der Waals surface area (Å²) in [6.07, 6.45) is 11.7. The van der Waals surface area contributed by atoms with E-state index in [1.54, 1.807) is 55.6 Å². The van der Waals surface area contributed by atoms with Crippen LogP contribution >= 0.6 is 0 Å². The number of carbonyl (C=O) groups excluding carboxylic acids is 4. The zero-order valence-corrected chi connectivity index (χ0v) is 48.7. The minimum Gasteiger partial charge on any atom is -0.455 e. The number of carbonyl (C=O) groups is 4. The molecule has 440 valence electrons. The molecule has 6 N–H and O–H groups in total. The first-order valence-corrected chi connectivity index (χ1v) is 29.4. The van der Waals surface area contributed by atoms with Crippen molar-refractivity contribution < 1.29 is 36.8 Å². The average molecular weight is 1170 g/mol. The van der Waals surface area contributed by atoms with Gasteiger partial charge in [-0.25, -0.2) is 8.78 Å². The minimum atomic E-state index is -1.18. The molecule has 1 saturated carbocycles. The van der Waals surface area contributed by atoms with E-state index in [0.29, 0.717) is 147 Å². The molecule has 11 rings (SSSR count). The third-order valence-corrected chi connectivity index (χ3v) is 16.9. The Balaban J connectivity index is 0.852. The first-order valence-electron chi connectivity index (χ1n) is 29.4. The van der Waals surface area contributed by atoms with Crippen LogP contribution < -0.4 is 31.9 Å². The highest BCUT2D eigenvalue weighted by atomic mass is 19.1. The second-order valence-electron chi connectivity index (χ2n) is 22.3. The number of terminal acetylenes is 1. The van der Waals surface area contributed by atoms with Gasteiger partial charge in [0.15, 0.2) is 0 Å². The highest BCUT2D eigenvalue weighted by Crippen LogP contribution is 2.43. The fraction of sp³-hybridized carbons (Fsp3) is 0.254. The summed E-state index contributed by atoms with van der Waals surface area (Å²) in [5.41, 5.74) is 6.65. The summed E-state index contributed by atoms with van der Waals surface area (Å²) < 4.78 is 41.0. The van der Waals surface area contributed by atoms with Crippen molar-refractivity contribution in [1.82, 2.24) is 26.2 Å². The van der Waals surface area contributed by atoms with Crippen molar-refractivity contribution in [3.63, 3.8) is 0 Å². The molecule has 1 unspecified atom stereocenters. The van der Waals surface area contributed by atoms with Crippen LogP contribution in [0.1, 0.15) is 111 Å². The van der Waals surface area contributed by atoms with Gasteiger partial charge in [-0.3, -0.25) is 24.1 Å². The van der Waals surface area contributed by atoms with Crippen LogP contribution in [0.3, 0.4) is 0 Å². The van der Waals surface area contributed by atoms with Crippen molar-refractivity contribution in [2.24, 2.45) is 0 Å². The number of halogens is 2. The largest absolute Gasteiger partial charge is 0.455 e. The van der Waals surface area contributed by atoms with Gasteiger partial charge in [-0.15, -0.1) is 6.42 Å². The summed E-state index contributed by atoms with van der Waals surface area (Å²) in [4.78, 5) is 58.1. The summed E-state index contributed by atoms with van der Waals surface area (Å²) in [6, 6.07) is 46.0. The zero-order valence-electron chi connectivity index (χ0n) is 48.7. The predicted molar refractivity (Wildman–Crippen MR) is 336 cm³/mol. The molecule has 7 aromatic carbocycles. The fourth-order valence-corrected chi connectivity index (χ4v) is 12.3. The summed E-state index contributed by atoms with van der Waals surface area (Å²) in [7, 11) is 3.08. The molecule has 0 radical (unpaired) electrons. The third kappa shape index (κ3) is 12.1. The van der Waals surface area contributed by atoms with E-state index in [4.69, 9.17) is 15.3 Å². The number of nitrogens with one attached hydrogen (secondary N) is 6. The lowest BCUT2D eigenvalue weighted by Gasteiger charge is -2.41. The molecular formula is C71H66F2N8O6. The summed E-state index contributed by atoms with van der Waals surface area (Å²) in [6.45, 7) is 3.96. The number of nitriles is 1. The van der Waals surface area contributed by atoms with Crippen LogP contribution in [0, 0.1) is 35.3 Å². The van der Waals surface area contributed by atoms with Crippen LogP contribution in [0.25, 0.3) is 66.8 Å². The Kier molecular flexibility index (Phi) is 17.1. The lowest BCUT2D eigenvalue weighted by atomic mass is 9.82. The van der Waals surface area contributed by atoms with Crippen LogP contribution in [-0.2, 0) is 0 Å². The Bertz CT molecular complexity index is 4150. The van der Waals surface area contributed by atoms with Gasteiger partial charge in [0, 0.05) is 114 Å². The highest BCUT2D eigenvalue weighted by Gasteiger charge is 2.39. The predicted octanol–water partition coefficient (Wildman–Crippen LogP) is 13.7. The maximum absolute atomic E-state index is 14.4. The molecular weight excluding hydrogens is 1100 g/mol. The van der Waals surface area contributed by atoms with Crippen LogP contribution in [-0.4, -0.2) is 79.9 Å². The number of amides is 4. The van der Waals surface area contributed by atoms with Gasteiger partial charge in [-0.2, -0.15) is 5.26 Å². The van der Waals surface area contributed by atoms with E-state index in [9.17, 15) is 33.2 Å². The summed E-state index contributed by atoms with van der Waals surface area (Å²) >= 11 is 0. The fourth-order valence-electron chi connectivity index (χ4n) is 12.3. The molecule has 3 heterocycles. The first kappa shape index (κ1) is 58.7. The smallest absolute Gasteiger partial charge is 0.255 e. The number of hydrogen-bond acceptors (Lipinski definition) is 10. The molecule has 2 aromatic heterocycles. The monoisotopic (exact) mass is 1160 g/mol. The zero-order chi connectivity index (χ0) is 60.8. The molecule has 16 heteroatoms. The SMILES string of the molecule is C#CC1(NC(=O)c2cccc(-c3cc4c(C(=O)NC)c(-c5ccc(F)cc5)oc4cc3NCCC(c3ccccc3)N3CCC(C#N)(NC(=O)c4cccc(-c5cc6c(C(=O)NC)c(-c7ccc(F)cc7)oc6cc5NCC)c4)CC3)c2)CCCCC1. The van der Waals surface area contributed by atoms with E-state index in [1.165, 1.54) is 31.3 Å². The molecule has 9 aromatic rings. The number of fused-ring (bicyclic) bond motifs is 2. The second kappa shape index (κ2) is 25.3. The van der Waals surface area contributed by atoms with Gasteiger partial charge in [0.25, 0.3) is 23.6 Å². The van der Waals surface area contributed by atoms with E-state index in [0.717, 1.165) is 24.8 Å². The molecule has 1 aliphatic carbocycles. The van der Waals surface area contributed by atoms with E-state index >= 15 is 0 Å². The summed E-state index contributed by atoms with van der Waals surface area (Å²) in [5, 5.41) is 30.9. The van der Waals surface area contributed by atoms with Gasteiger partial charge in [0.1, 0.15) is 45.4 Å². The van der Waals surface area contributed by atoms with Gasteiger partial charge < -0.3 is 40.7 Å². The Hall–Kier alpha value is -10.0. The molecule has 0 bridgehead atoms. The van der Waals surface area contributed by atoms with Gasteiger partial charge in [0.05, 0.1) is 17.2 Å². The lowest BCUT2D eigenvalue weighted by Crippen LogP contribution is -2.55. The molecule has 1 atom stereocenters. The van der Waals surface area contributed by atoms with Crippen molar-refractivity contribution in [2.45, 2.75) is 75.4 Å². The van der Waals surface area contributed by atoms with Crippen LogP contribution in [0.2, 0.25) is 0 Å². The van der Waals surface area contributed by atoms with E-state index in [1.807, 2.05) is 73.7 Å². The van der Waals surface area contributed by atoms with E-state index in [2.05, 4.69) is 60.9 Å². The quantitative estimate of drug-likeness (QED) is 0.0450. The van der Waals surface area contributed by atoms with E-state index in [-0.39, 0.29) is 35.1 Å². The molecule has 1 saturated heterocycles. The molecule has 1 aliphatic heterocycles. The van der Waals surface area contributed by atoms with Crippen LogP contribution in [0.15, 0.2) is 160 Å². The van der Waals surface area contributed by atoms with Crippen molar-refractivity contribution in [2.75, 3.05) is 50.9 Å². The number of benzene rings is 7. The molecule has 2 aliphatic rings. The number of furan rings is 2.